The maximum absolute atomic E-state index is 9.00. The first-order valence-electron chi connectivity index (χ1n) is 8.17. The number of fused-ring (bicyclic) bond motifs is 1. The molecule has 0 saturated carbocycles. The first-order valence-corrected chi connectivity index (χ1v) is 8.17. The molecular weight excluding hydrogens is 323 g/mol. The number of aryl methyl sites for hydroxylation is 1. The second kappa shape index (κ2) is 7.61. The third kappa shape index (κ3) is 4.05. The van der Waals surface area contributed by atoms with Gasteiger partial charge < -0.3 is 5.11 Å². The number of imidazole rings is 1. The monoisotopic (exact) mass is 340 g/mol. The summed E-state index contributed by atoms with van der Waals surface area (Å²) in [5.41, 5.74) is 5.46. The Morgan fingerprint density at radius 3 is 2.42 bits per heavy atom. The van der Waals surface area contributed by atoms with Crippen molar-refractivity contribution >= 4 is 39.0 Å². The van der Waals surface area contributed by atoms with Gasteiger partial charge in [-0.1, -0.05) is 0 Å². The van der Waals surface area contributed by atoms with E-state index in [1.807, 2.05) is 30.5 Å². The van der Waals surface area contributed by atoms with Gasteiger partial charge in [-0.2, -0.15) is 0 Å². The maximum atomic E-state index is 9.00. The van der Waals surface area contributed by atoms with Crippen molar-refractivity contribution in [3.63, 3.8) is 0 Å². The molecule has 1 N–H and O–H groups in total. The molecule has 4 rings (SSSR count). The van der Waals surface area contributed by atoms with Crippen molar-refractivity contribution in [2.24, 2.45) is 7.05 Å². The molecule has 0 bridgehead atoms. The van der Waals surface area contributed by atoms with Crippen LogP contribution in [0, 0.1) is 0 Å². The molecule has 2 aromatic heterocycles. The molecule has 6 nitrogen and oxygen atoms in total. The third-order valence-electron chi connectivity index (χ3n) is 3.90. The predicted molar refractivity (Wildman–Crippen MR) is 102 cm³/mol. The van der Waals surface area contributed by atoms with Crippen LogP contribution < -0.4 is 4.24 Å². The fourth-order valence-electron chi connectivity index (χ4n) is 2.67. The molecule has 0 atom stereocenters. The van der Waals surface area contributed by atoms with E-state index in [-0.39, 0.29) is 0 Å². The van der Waals surface area contributed by atoms with E-state index in [4.69, 9.17) is 9.90 Å². The molecule has 0 fully saturated rings. The fourth-order valence-corrected chi connectivity index (χ4v) is 2.67. The van der Waals surface area contributed by atoms with Crippen molar-refractivity contribution in [1.29, 1.82) is 0 Å². The van der Waals surface area contributed by atoms with Crippen molar-refractivity contribution in [1.82, 2.24) is 19.3 Å². The Labute approximate surface area is 160 Å². The average molecular weight is 340 g/mol. The van der Waals surface area contributed by atoms with Crippen molar-refractivity contribution in [2.45, 2.75) is 6.92 Å². The van der Waals surface area contributed by atoms with Gasteiger partial charge in [-0.05, 0) is 0 Å². The Hall–Kier alpha value is -2.81. The Balaban J connectivity index is 0.000000447. The van der Waals surface area contributed by atoms with Gasteiger partial charge in [0, 0.05) is 14.0 Å². The van der Waals surface area contributed by atoms with E-state index in [1.165, 1.54) is 4.24 Å². The molecule has 0 saturated heterocycles. The molecule has 0 aliphatic heterocycles. The molecule has 0 radical (unpaired) electrons. The number of nitrogens with zero attached hydrogens (tertiary/aromatic N) is 4. The number of rotatable bonds is 2. The van der Waals surface area contributed by atoms with Crippen molar-refractivity contribution in [3.8, 4) is 16.8 Å². The number of aromatic nitrogens is 4. The summed E-state index contributed by atoms with van der Waals surface area (Å²) in [5.74, 6) is -0.833. The molecule has 0 spiro atoms. The zero-order chi connectivity index (χ0) is 18.7. The van der Waals surface area contributed by atoms with Crippen LogP contribution in [0.3, 0.4) is 0 Å². The molecule has 26 heavy (non-hydrogen) atoms. The number of benzene rings is 2. The number of carboxylic acids is 1. The fraction of sp³-hybridized carbons (Fsp3) is 0.105. The number of aliphatic carboxylic acids is 1. The van der Waals surface area contributed by atoms with Crippen LogP contribution in [0.2, 0.25) is 0 Å². The molecule has 2 heterocycles. The van der Waals surface area contributed by atoms with E-state index in [2.05, 4.69) is 74.8 Å². The Bertz CT molecular complexity index is 1050. The summed E-state index contributed by atoms with van der Waals surface area (Å²) >= 11 is 2.09. The third-order valence-corrected chi connectivity index (χ3v) is 3.90. The van der Waals surface area contributed by atoms with Crippen LogP contribution in [-0.2, 0) is 11.8 Å². The zero-order valence-electron chi connectivity index (χ0n) is 14.9. The predicted octanol–water partition coefficient (Wildman–Crippen LogP) is 2.31. The quantitative estimate of drug-likeness (QED) is 0.568. The molecular formula is C19H17LiN4O2. The Kier molecular flexibility index (Phi) is 5.26. The molecule has 126 valence electrons. The van der Waals surface area contributed by atoms with Crippen LogP contribution in [0.15, 0.2) is 61.2 Å². The average Bonchev–Trinajstić information content (AvgIpc) is 3.21. The van der Waals surface area contributed by atoms with Gasteiger partial charge in [0.2, 0.25) is 0 Å². The number of carboxylic acid groups (broad SMARTS) is 1. The summed E-state index contributed by atoms with van der Waals surface area (Å²) in [5, 5.41) is 11.6. The zero-order valence-corrected chi connectivity index (χ0v) is 14.9. The normalized spacial score (nSPS) is 10.5. The number of hydrogen-bond acceptors (Lipinski definition) is 3. The van der Waals surface area contributed by atoms with Gasteiger partial charge in [0.1, 0.15) is 0 Å². The van der Waals surface area contributed by atoms with E-state index in [0.29, 0.717) is 0 Å². The molecule has 0 amide bonds. The summed E-state index contributed by atoms with van der Waals surface area (Å²) in [6.45, 7) is 1.08. The van der Waals surface area contributed by atoms with Crippen LogP contribution >= 0.6 is 0 Å². The second-order valence-corrected chi connectivity index (χ2v) is 6.08. The summed E-state index contributed by atoms with van der Waals surface area (Å²) in [6, 6.07) is 14.8. The molecule has 0 unspecified atom stereocenters. The minimum absolute atomic E-state index is 0.833. The van der Waals surface area contributed by atoms with Crippen molar-refractivity contribution < 1.29 is 9.90 Å². The Morgan fingerprint density at radius 1 is 1.12 bits per heavy atom. The molecule has 0 aliphatic rings. The summed E-state index contributed by atoms with van der Waals surface area (Å²) in [4.78, 5) is 13.5. The van der Waals surface area contributed by atoms with Gasteiger partial charge in [0.05, 0.1) is 0 Å². The molecule has 0 aliphatic carbocycles. The van der Waals surface area contributed by atoms with E-state index < -0.39 is 5.97 Å². The van der Waals surface area contributed by atoms with Gasteiger partial charge in [0.25, 0.3) is 5.97 Å². The van der Waals surface area contributed by atoms with E-state index in [0.717, 1.165) is 34.8 Å². The van der Waals surface area contributed by atoms with Crippen LogP contribution in [0.1, 0.15) is 6.92 Å². The molecule has 7 heteroatoms. The van der Waals surface area contributed by atoms with E-state index >= 15 is 0 Å². The van der Waals surface area contributed by atoms with E-state index in [1.54, 1.807) is 0 Å². The van der Waals surface area contributed by atoms with Crippen molar-refractivity contribution in [2.75, 3.05) is 0 Å². The van der Waals surface area contributed by atoms with E-state index in [9.17, 15) is 0 Å². The first-order chi connectivity index (χ1) is 12.4. The topological polar surface area (TPSA) is 72.9 Å². The second-order valence-electron chi connectivity index (χ2n) is 6.08. The van der Waals surface area contributed by atoms with Crippen LogP contribution in [0.4, 0.5) is 0 Å². The van der Waals surface area contributed by atoms with Crippen molar-refractivity contribution in [3.05, 3.63) is 61.2 Å². The SMILES string of the molecule is CC(=O)O.[Li][c]1ccc(-n2cnc3cc(-c4cnn(C)c4)ccc32)cc1. The van der Waals surface area contributed by atoms with Gasteiger partial charge in [-0.15, -0.1) is 0 Å². The van der Waals surface area contributed by atoms with Gasteiger partial charge in [0.15, 0.2) is 0 Å². The molecule has 4 aromatic rings. The Morgan fingerprint density at radius 2 is 1.81 bits per heavy atom. The standard InChI is InChI=1S/C17H13N4.C2H4O2.Li/c1-20-11-14(10-19-20)13-7-8-17-16(9-13)18-12-21(17)15-5-3-2-4-6-15;1-2(3)4;/h3-12H,1H3;1H3,(H,3,4);. The summed E-state index contributed by atoms with van der Waals surface area (Å²) < 4.78 is 5.18. The number of carbonyl (C=O) groups is 1. The number of hydrogen-bond donors (Lipinski definition) is 1. The van der Waals surface area contributed by atoms with Crippen LogP contribution in [0.5, 0.6) is 0 Å². The van der Waals surface area contributed by atoms with Gasteiger partial charge >= 0.3 is 130 Å². The molecule has 2 aromatic carbocycles. The van der Waals surface area contributed by atoms with Gasteiger partial charge in [-0.25, -0.2) is 0 Å². The first kappa shape index (κ1) is 18.0. The summed E-state index contributed by atoms with van der Waals surface area (Å²) in [7, 11) is 1.92. The summed E-state index contributed by atoms with van der Waals surface area (Å²) in [6.07, 6.45) is 5.76. The van der Waals surface area contributed by atoms with Crippen LogP contribution in [-0.4, -0.2) is 48.1 Å². The van der Waals surface area contributed by atoms with Gasteiger partial charge in [-0.3, -0.25) is 4.79 Å². The van der Waals surface area contributed by atoms with Crippen LogP contribution in [0.25, 0.3) is 27.8 Å². The minimum atomic E-state index is -0.833.